The summed E-state index contributed by atoms with van der Waals surface area (Å²) in [6, 6.07) is 7.35. The SMILES string of the molecule is CCOC(=O)c1nnc(OCc2ccccc2Cl)s1. The predicted molar refractivity (Wildman–Crippen MR) is 71.6 cm³/mol. The van der Waals surface area contributed by atoms with Crippen LogP contribution in [0.4, 0.5) is 0 Å². The Bertz CT molecular complexity index is 574. The minimum absolute atomic E-state index is 0.177. The summed E-state index contributed by atoms with van der Waals surface area (Å²) in [4.78, 5) is 11.4. The molecule has 1 heterocycles. The summed E-state index contributed by atoms with van der Waals surface area (Å²) in [6.45, 7) is 2.30. The number of hydrogen-bond acceptors (Lipinski definition) is 6. The Morgan fingerprint density at radius 1 is 1.37 bits per heavy atom. The van der Waals surface area contributed by atoms with Gasteiger partial charge >= 0.3 is 5.97 Å². The Kier molecular flexibility index (Phi) is 4.70. The molecule has 0 saturated carbocycles. The van der Waals surface area contributed by atoms with Gasteiger partial charge in [-0.15, -0.1) is 5.10 Å². The second-order valence-electron chi connectivity index (χ2n) is 3.47. The highest BCUT2D eigenvalue weighted by Gasteiger charge is 2.14. The monoisotopic (exact) mass is 298 g/mol. The third kappa shape index (κ3) is 3.65. The van der Waals surface area contributed by atoms with E-state index in [1.807, 2.05) is 18.2 Å². The van der Waals surface area contributed by atoms with E-state index in [2.05, 4.69) is 10.2 Å². The molecule has 0 fully saturated rings. The molecule has 2 aromatic rings. The fraction of sp³-hybridized carbons (Fsp3) is 0.250. The number of halogens is 1. The zero-order chi connectivity index (χ0) is 13.7. The van der Waals surface area contributed by atoms with Gasteiger partial charge in [-0.3, -0.25) is 0 Å². The number of carbonyl (C=O) groups excluding carboxylic acids is 1. The van der Waals surface area contributed by atoms with Crippen molar-refractivity contribution in [3.05, 3.63) is 39.9 Å². The fourth-order valence-corrected chi connectivity index (χ4v) is 2.08. The number of ether oxygens (including phenoxy) is 2. The molecule has 7 heteroatoms. The maximum Gasteiger partial charge on any atom is 0.369 e. The minimum atomic E-state index is -0.493. The molecule has 0 unspecified atom stereocenters. The highest BCUT2D eigenvalue weighted by molar-refractivity contribution is 7.14. The number of hydrogen-bond donors (Lipinski definition) is 0. The van der Waals surface area contributed by atoms with Crippen molar-refractivity contribution >= 4 is 28.9 Å². The Labute approximate surface area is 119 Å². The van der Waals surface area contributed by atoms with Gasteiger partial charge in [0.1, 0.15) is 6.61 Å². The number of aromatic nitrogens is 2. The topological polar surface area (TPSA) is 61.3 Å². The van der Waals surface area contributed by atoms with Gasteiger partial charge in [-0.1, -0.05) is 34.9 Å². The van der Waals surface area contributed by atoms with Gasteiger partial charge in [-0.2, -0.15) is 0 Å². The van der Waals surface area contributed by atoms with Crippen LogP contribution >= 0.6 is 22.9 Å². The van der Waals surface area contributed by atoms with Crippen molar-refractivity contribution < 1.29 is 14.3 Å². The molecule has 100 valence electrons. The minimum Gasteiger partial charge on any atom is -0.464 e. The summed E-state index contributed by atoms with van der Waals surface area (Å²) in [5.41, 5.74) is 0.844. The molecule has 0 bridgehead atoms. The quantitative estimate of drug-likeness (QED) is 0.794. The van der Waals surface area contributed by atoms with Gasteiger partial charge in [0.05, 0.1) is 6.61 Å². The van der Waals surface area contributed by atoms with Crippen molar-refractivity contribution in [3.8, 4) is 5.19 Å². The first-order valence-corrected chi connectivity index (χ1v) is 6.77. The first kappa shape index (κ1) is 13.8. The van der Waals surface area contributed by atoms with Crippen LogP contribution in [0.1, 0.15) is 22.3 Å². The first-order chi connectivity index (χ1) is 9.20. The zero-order valence-corrected chi connectivity index (χ0v) is 11.7. The lowest BCUT2D eigenvalue weighted by Crippen LogP contribution is -2.03. The van der Waals surface area contributed by atoms with Crippen LogP contribution in [0, 0.1) is 0 Å². The van der Waals surface area contributed by atoms with E-state index in [0.717, 1.165) is 16.9 Å². The molecule has 0 aliphatic heterocycles. The summed E-state index contributed by atoms with van der Waals surface area (Å²) in [7, 11) is 0. The third-order valence-corrected chi connectivity index (χ3v) is 3.35. The smallest absolute Gasteiger partial charge is 0.369 e. The maximum atomic E-state index is 11.4. The van der Waals surface area contributed by atoms with Gasteiger partial charge in [0.2, 0.25) is 5.01 Å². The van der Waals surface area contributed by atoms with Crippen molar-refractivity contribution in [2.24, 2.45) is 0 Å². The third-order valence-electron chi connectivity index (χ3n) is 2.17. The van der Waals surface area contributed by atoms with Crippen LogP contribution in [0.3, 0.4) is 0 Å². The number of nitrogens with zero attached hydrogens (tertiary/aromatic N) is 2. The Balaban J connectivity index is 1.97. The van der Waals surface area contributed by atoms with E-state index in [-0.39, 0.29) is 11.6 Å². The summed E-state index contributed by atoms with van der Waals surface area (Å²) in [6.07, 6.45) is 0. The highest BCUT2D eigenvalue weighted by Crippen LogP contribution is 2.22. The molecular formula is C12H11ClN2O3S. The van der Waals surface area contributed by atoms with E-state index in [1.54, 1.807) is 13.0 Å². The first-order valence-electron chi connectivity index (χ1n) is 5.57. The van der Waals surface area contributed by atoms with Gasteiger partial charge in [0, 0.05) is 10.6 Å². The molecule has 0 saturated heterocycles. The van der Waals surface area contributed by atoms with Crippen LogP contribution in [0.2, 0.25) is 5.02 Å². The molecule has 0 radical (unpaired) electrons. The lowest BCUT2D eigenvalue weighted by atomic mass is 10.2. The largest absolute Gasteiger partial charge is 0.464 e. The molecule has 5 nitrogen and oxygen atoms in total. The number of esters is 1. The second-order valence-corrected chi connectivity index (χ2v) is 4.82. The van der Waals surface area contributed by atoms with Gasteiger partial charge in [-0.05, 0) is 24.3 Å². The van der Waals surface area contributed by atoms with Crippen LogP contribution in [-0.4, -0.2) is 22.8 Å². The lowest BCUT2D eigenvalue weighted by Gasteiger charge is -2.03. The molecule has 1 aromatic carbocycles. The van der Waals surface area contributed by atoms with Gasteiger partial charge in [0.25, 0.3) is 5.19 Å². The molecule has 0 atom stereocenters. The molecule has 0 spiro atoms. The van der Waals surface area contributed by atoms with Crippen LogP contribution in [-0.2, 0) is 11.3 Å². The van der Waals surface area contributed by atoms with Gasteiger partial charge < -0.3 is 9.47 Å². The zero-order valence-electron chi connectivity index (χ0n) is 10.1. The van der Waals surface area contributed by atoms with Crippen molar-refractivity contribution in [1.29, 1.82) is 0 Å². The van der Waals surface area contributed by atoms with Crippen molar-refractivity contribution in [1.82, 2.24) is 10.2 Å². The number of carbonyl (C=O) groups is 1. The predicted octanol–water partition coefficient (Wildman–Crippen LogP) is 2.95. The van der Waals surface area contributed by atoms with Crippen molar-refractivity contribution in [3.63, 3.8) is 0 Å². The highest BCUT2D eigenvalue weighted by atomic mass is 35.5. The fourth-order valence-electron chi connectivity index (χ4n) is 1.30. The van der Waals surface area contributed by atoms with Crippen molar-refractivity contribution in [2.45, 2.75) is 13.5 Å². The standard InChI is InChI=1S/C12H11ClN2O3S/c1-2-17-11(16)10-14-15-12(19-10)18-7-8-5-3-4-6-9(8)13/h3-6H,2,7H2,1H3. The Morgan fingerprint density at radius 2 is 2.16 bits per heavy atom. The maximum absolute atomic E-state index is 11.4. The van der Waals surface area contributed by atoms with E-state index in [9.17, 15) is 4.79 Å². The molecular weight excluding hydrogens is 288 g/mol. The molecule has 1 aromatic heterocycles. The molecule has 0 aliphatic carbocycles. The summed E-state index contributed by atoms with van der Waals surface area (Å²) >= 11 is 7.04. The molecule has 0 N–H and O–H groups in total. The lowest BCUT2D eigenvalue weighted by molar-refractivity contribution is 0.0525. The Morgan fingerprint density at radius 3 is 2.89 bits per heavy atom. The van der Waals surface area contributed by atoms with E-state index in [4.69, 9.17) is 21.1 Å². The van der Waals surface area contributed by atoms with E-state index >= 15 is 0 Å². The van der Waals surface area contributed by atoms with Crippen LogP contribution in [0.25, 0.3) is 0 Å². The van der Waals surface area contributed by atoms with E-state index < -0.39 is 5.97 Å². The summed E-state index contributed by atoms with van der Waals surface area (Å²) in [5.74, 6) is -0.493. The molecule has 0 amide bonds. The van der Waals surface area contributed by atoms with Crippen LogP contribution < -0.4 is 4.74 Å². The normalized spacial score (nSPS) is 10.2. The van der Waals surface area contributed by atoms with Crippen LogP contribution in [0.5, 0.6) is 5.19 Å². The molecule has 0 aliphatic rings. The van der Waals surface area contributed by atoms with E-state index in [0.29, 0.717) is 16.8 Å². The van der Waals surface area contributed by atoms with Gasteiger partial charge in [0.15, 0.2) is 0 Å². The summed E-state index contributed by atoms with van der Waals surface area (Å²) < 4.78 is 10.2. The molecule has 19 heavy (non-hydrogen) atoms. The number of rotatable bonds is 5. The van der Waals surface area contributed by atoms with Gasteiger partial charge in [-0.25, -0.2) is 4.79 Å². The average Bonchev–Trinajstić information content (AvgIpc) is 2.87. The summed E-state index contributed by atoms with van der Waals surface area (Å²) in [5, 5.41) is 8.58. The Hall–Kier alpha value is -1.66. The van der Waals surface area contributed by atoms with E-state index in [1.165, 1.54) is 0 Å². The molecule has 2 rings (SSSR count). The average molecular weight is 299 g/mol. The van der Waals surface area contributed by atoms with Crippen LogP contribution in [0.15, 0.2) is 24.3 Å². The second kappa shape index (κ2) is 6.49. The van der Waals surface area contributed by atoms with Crippen molar-refractivity contribution in [2.75, 3.05) is 6.61 Å². The number of benzene rings is 1.